The lowest BCUT2D eigenvalue weighted by atomic mass is 10.2. The molecule has 2 atom stereocenters. The van der Waals surface area contributed by atoms with Crippen molar-refractivity contribution >= 4 is 35.1 Å². The number of anilines is 2. The lowest BCUT2D eigenvalue weighted by Crippen LogP contribution is -2.33. The molecule has 0 bridgehead atoms. The molecule has 2 aliphatic heterocycles. The van der Waals surface area contributed by atoms with Crippen molar-refractivity contribution in [1.82, 2.24) is 25.5 Å². The van der Waals surface area contributed by atoms with Crippen LogP contribution in [0.4, 0.5) is 20.6 Å². The number of hydrogen-bond donors (Lipinski definition) is 1. The second kappa shape index (κ2) is 8.46. The van der Waals surface area contributed by atoms with E-state index in [1.807, 2.05) is 11.2 Å². The highest BCUT2D eigenvalue weighted by Gasteiger charge is 2.33. The minimum atomic E-state index is -0.555. The van der Waals surface area contributed by atoms with Crippen molar-refractivity contribution in [2.75, 3.05) is 42.2 Å². The molecule has 3 heterocycles. The minimum Gasteiger partial charge on any atom is -0.442 e. The Kier molecular flexibility index (Phi) is 5.75. The van der Waals surface area contributed by atoms with Crippen molar-refractivity contribution in [3.63, 3.8) is 0 Å². The smallest absolute Gasteiger partial charge is 0.414 e. The van der Waals surface area contributed by atoms with Crippen molar-refractivity contribution < 1.29 is 18.7 Å². The molecule has 2 aromatic rings. The third-order valence-electron chi connectivity index (χ3n) is 5.12. The Morgan fingerprint density at radius 3 is 2.93 bits per heavy atom. The van der Waals surface area contributed by atoms with Crippen LogP contribution in [0.3, 0.4) is 0 Å². The maximum atomic E-state index is 14.9. The molecule has 2 fully saturated rings. The summed E-state index contributed by atoms with van der Waals surface area (Å²) in [7, 11) is 0. The Labute approximate surface area is 176 Å². The Morgan fingerprint density at radius 1 is 1.40 bits per heavy atom. The fourth-order valence-electron chi connectivity index (χ4n) is 3.61. The molecule has 2 aliphatic rings. The van der Waals surface area contributed by atoms with E-state index in [0.29, 0.717) is 29.6 Å². The van der Waals surface area contributed by atoms with Crippen LogP contribution >= 0.6 is 11.8 Å². The van der Waals surface area contributed by atoms with Gasteiger partial charge in [-0.2, -0.15) is 4.80 Å². The second-order valence-electron chi connectivity index (χ2n) is 7.17. The molecule has 1 aromatic carbocycles. The van der Waals surface area contributed by atoms with Crippen LogP contribution in [-0.4, -0.2) is 70.7 Å². The van der Waals surface area contributed by atoms with E-state index in [4.69, 9.17) is 4.74 Å². The number of carbonyl (C=O) groups is 2. The van der Waals surface area contributed by atoms with E-state index >= 15 is 0 Å². The number of carbonyl (C=O) groups excluding carboxylic acids is 2. The molecule has 0 saturated carbocycles. The maximum Gasteiger partial charge on any atom is 0.414 e. The summed E-state index contributed by atoms with van der Waals surface area (Å²) < 4.78 is 20.1. The van der Waals surface area contributed by atoms with Gasteiger partial charge in [-0.05, 0) is 36.1 Å². The summed E-state index contributed by atoms with van der Waals surface area (Å²) >= 11 is 1.42. The molecule has 30 heavy (non-hydrogen) atoms. The van der Waals surface area contributed by atoms with Crippen LogP contribution in [0, 0.1) is 5.82 Å². The molecule has 0 unspecified atom stereocenters. The number of benzene rings is 1. The van der Waals surface area contributed by atoms with Crippen LogP contribution in [-0.2, 0) is 9.53 Å². The summed E-state index contributed by atoms with van der Waals surface area (Å²) in [5.41, 5.74) is 0.888. The van der Waals surface area contributed by atoms with Gasteiger partial charge in [-0.15, -0.1) is 10.2 Å². The summed E-state index contributed by atoms with van der Waals surface area (Å²) in [6, 6.07) is 4.74. The Hall–Kier alpha value is -2.89. The van der Waals surface area contributed by atoms with Crippen molar-refractivity contribution in [1.29, 1.82) is 0 Å². The summed E-state index contributed by atoms with van der Waals surface area (Å²) in [6.07, 6.45) is 1.65. The maximum absolute atomic E-state index is 14.9. The predicted molar refractivity (Wildman–Crippen MR) is 108 cm³/mol. The fourth-order valence-corrected chi connectivity index (χ4v) is 3.90. The van der Waals surface area contributed by atoms with Gasteiger partial charge in [0.2, 0.25) is 11.1 Å². The van der Waals surface area contributed by atoms with E-state index in [1.165, 1.54) is 29.7 Å². The normalized spacial score (nSPS) is 21.2. The highest BCUT2D eigenvalue weighted by molar-refractivity contribution is 7.98. The molecule has 0 aliphatic carbocycles. The number of nitrogens with one attached hydrogen (secondary N) is 1. The average Bonchev–Trinajstić information content (AvgIpc) is 3.45. The van der Waals surface area contributed by atoms with Gasteiger partial charge in [0.1, 0.15) is 11.9 Å². The van der Waals surface area contributed by atoms with Gasteiger partial charge in [-0.3, -0.25) is 9.69 Å². The predicted octanol–water partition coefficient (Wildman–Crippen LogP) is 1.45. The Balaban J connectivity index is 1.42. The van der Waals surface area contributed by atoms with E-state index in [1.54, 1.807) is 16.9 Å². The molecule has 4 rings (SSSR count). The molecule has 1 aromatic heterocycles. The summed E-state index contributed by atoms with van der Waals surface area (Å²) in [5, 5.41) is 15.6. The first kappa shape index (κ1) is 20.4. The first-order valence-electron chi connectivity index (χ1n) is 9.55. The highest BCUT2D eigenvalue weighted by atomic mass is 32.2. The lowest BCUT2D eigenvalue weighted by molar-refractivity contribution is -0.119. The molecular formula is C18H22FN7O3S. The third-order valence-corrected chi connectivity index (χ3v) is 5.65. The van der Waals surface area contributed by atoms with Crippen LogP contribution in [0.1, 0.15) is 19.4 Å². The number of hydrogen-bond acceptors (Lipinski definition) is 8. The molecule has 10 nitrogen and oxygen atoms in total. The topological polar surface area (TPSA) is 105 Å². The van der Waals surface area contributed by atoms with Gasteiger partial charge in [-0.25, -0.2) is 9.18 Å². The third kappa shape index (κ3) is 4.18. The van der Waals surface area contributed by atoms with Crippen molar-refractivity contribution in [2.45, 2.75) is 30.6 Å². The van der Waals surface area contributed by atoms with Gasteiger partial charge in [0.25, 0.3) is 0 Å². The average molecular weight is 435 g/mol. The van der Waals surface area contributed by atoms with Gasteiger partial charge in [-0.1, -0.05) is 11.8 Å². The zero-order valence-corrected chi connectivity index (χ0v) is 17.4. The van der Waals surface area contributed by atoms with E-state index in [2.05, 4.69) is 20.7 Å². The first-order valence-corrected chi connectivity index (χ1v) is 10.8. The Bertz CT molecular complexity index is 956. The fraction of sp³-hybridized carbons (Fsp3) is 0.500. The van der Waals surface area contributed by atoms with E-state index < -0.39 is 18.0 Å². The number of ether oxygens (including phenoxy) is 1. The second-order valence-corrected chi connectivity index (χ2v) is 7.95. The molecule has 0 radical (unpaired) electrons. The number of thioether (sulfide) groups is 1. The van der Waals surface area contributed by atoms with Crippen LogP contribution in [0.2, 0.25) is 0 Å². The molecule has 0 spiro atoms. The van der Waals surface area contributed by atoms with Gasteiger partial charge >= 0.3 is 6.09 Å². The number of amides is 2. The van der Waals surface area contributed by atoms with E-state index in [0.717, 1.165) is 6.42 Å². The zero-order valence-electron chi connectivity index (χ0n) is 16.6. The van der Waals surface area contributed by atoms with Crippen molar-refractivity contribution in [3.8, 4) is 0 Å². The zero-order chi connectivity index (χ0) is 21.3. The lowest BCUT2D eigenvalue weighted by Gasteiger charge is -2.21. The van der Waals surface area contributed by atoms with Crippen LogP contribution in [0.15, 0.2) is 23.4 Å². The highest BCUT2D eigenvalue weighted by Crippen LogP contribution is 2.32. The number of cyclic esters (lactones) is 1. The molecule has 2 amide bonds. The summed E-state index contributed by atoms with van der Waals surface area (Å²) in [6.45, 7) is 3.11. The van der Waals surface area contributed by atoms with Crippen LogP contribution < -0.4 is 15.1 Å². The van der Waals surface area contributed by atoms with Crippen molar-refractivity contribution in [3.05, 3.63) is 24.0 Å². The summed E-state index contributed by atoms with van der Waals surface area (Å²) in [4.78, 5) is 28.1. The number of rotatable bonds is 6. The molecule has 12 heteroatoms. The van der Waals surface area contributed by atoms with E-state index in [9.17, 15) is 14.0 Å². The minimum absolute atomic E-state index is 0.0283. The van der Waals surface area contributed by atoms with Gasteiger partial charge < -0.3 is 15.0 Å². The number of nitrogens with zero attached hydrogens (tertiary/aromatic N) is 6. The van der Waals surface area contributed by atoms with Gasteiger partial charge in [0, 0.05) is 20.0 Å². The molecule has 1 N–H and O–H groups in total. The SMILES string of the molecule is CSc1nnn([C@H]2CCN(c3ccc(N4C[C@H](CNC(C)=O)OC4=O)cc3F)C2)n1. The quantitative estimate of drug-likeness (QED) is 0.680. The van der Waals surface area contributed by atoms with E-state index in [-0.39, 0.29) is 25.0 Å². The van der Waals surface area contributed by atoms with Crippen LogP contribution in [0.25, 0.3) is 0 Å². The molecular weight excluding hydrogens is 413 g/mol. The standard InChI is InChI=1S/C18H22FN7O3S/c1-11(27)20-8-14-10-25(18(28)29-14)12-3-4-16(15(19)7-12)24-6-5-13(9-24)26-22-17(30-2)21-23-26/h3-4,7,13-14H,5-6,8-10H2,1-2H3,(H,20,27)/t13-,14-/m0/s1. The van der Waals surface area contributed by atoms with Crippen LogP contribution in [0.5, 0.6) is 0 Å². The molecule has 160 valence electrons. The Morgan fingerprint density at radius 2 is 2.23 bits per heavy atom. The van der Waals surface area contributed by atoms with Crippen molar-refractivity contribution in [2.24, 2.45) is 0 Å². The number of halogens is 1. The first-order chi connectivity index (χ1) is 14.4. The monoisotopic (exact) mass is 435 g/mol. The largest absolute Gasteiger partial charge is 0.442 e. The summed E-state index contributed by atoms with van der Waals surface area (Å²) in [5.74, 6) is -0.614. The number of aromatic nitrogens is 4. The number of tetrazole rings is 1. The van der Waals surface area contributed by atoms with Gasteiger partial charge in [0.15, 0.2) is 0 Å². The molecule has 2 saturated heterocycles. The van der Waals surface area contributed by atoms with Gasteiger partial charge in [0.05, 0.1) is 30.5 Å².